The van der Waals surface area contributed by atoms with Gasteiger partial charge in [-0.2, -0.15) is 0 Å². The number of rotatable bonds is 1. The molecule has 1 heterocycles. The normalized spacial score (nSPS) is 17.1. The summed E-state index contributed by atoms with van der Waals surface area (Å²) in [5.41, 5.74) is 0.238. The van der Waals surface area contributed by atoms with Crippen molar-refractivity contribution >= 4 is 28.3 Å². The van der Waals surface area contributed by atoms with Crippen molar-refractivity contribution in [2.45, 2.75) is 0 Å². The second-order valence-electron chi connectivity index (χ2n) is 3.80. The van der Waals surface area contributed by atoms with Gasteiger partial charge in [0.2, 0.25) is 0 Å². The molecule has 92 valence electrons. The van der Waals surface area contributed by atoms with Crippen molar-refractivity contribution in [2.24, 2.45) is 0 Å². The lowest BCUT2D eigenvalue weighted by Crippen LogP contribution is -2.41. The van der Waals surface area contributed by atoms with E-state index in [4.69, 9.17) is 11.6 Å². The van der Waals surface area contributed by atoms with Crippen molar-refractivity contribution in [1.82, 2.24) is 4.90 Å². The molecule has 1 aromatic carbocycles. The van der Waals surface area contributed by atoms with Gasteiger partial charge in [-0.25, -0.2) is 0 Å². The average molecular weight is 274 g/mol. The molecule has 0 aliphatic carbocycles. The third kappa shape index (κ3) is 2.79. The summed E-state index contributed by atoms with van der Waals surface area (Å²) in [6.45, 7) is 0.932. The standard InChI is InChI=1S/C11H12ClNO3S/c12-8-1-2-9(10(14)7-8)11(15)13-3-5-17(16)6-4-13/h1-2,7,14H,3-6H2. The van der Waals surface area contributed by atoms with Crippen LogP contribution in [0.1, 0.15) is 10.4 Å². The number of carbonyl (C=O) groups is 1. The third-order valence-electron chi connectivity index (χ3n) is 2.66. The molecule has 1 fully saturated rings. The van der Waals surface area contributed by atoms with Gasteiger partial charge in [0, 0.05) is 40.4 Å². The SMILES string of the molecule is O=C(c1ccc(Cl)cc1O)N1CCS(=O)CC1. The van der Waals surface area contributed by atoms with Crippen LogP contribution in [0.15, 0.2) is 18.2 Å². The number of phenols is 1. The number of amides is 1. The van der Waals surface area contributed by atoms with E-state index in [1.807, 2.05) is 0 Å². The zero-order valence-electron chi connectivity index (χ0n) is 9.06. The Morgan fingerprint density at radius 2 is 2.00 bits per heavy atom. The van der Waals surface area contributed by atoms with E-state index in [1.54, 1.807) is 11.0 Å². The van der Waals surface area contributed by atoms with Crippen LogP contribution in [-0.4, -0.2) is 44.7 Å². The minimum Gasteiger partial charge on any atom is -0.507 e. The summed E-state index contributed by atoms with van der Waals surface area (Å²) in [6.07, 6.45) is 0. The Hall–Kier alpha value is -1.07. The third-order valence-corrected chi connectivity index (χ3v) is 4.17. The Balaban J connectivity index is 2.16. The number of nitrogens with zero attached hydrogens (tertiary/aromatic N) is 1. The van der Waals surface area contributed by atoms with E-state index in [-0.39, 0.29) is 17.2 Å². The fraction of sp³-hybridized carbons (Fsp3) is 0.364. The van der Waals surface area contributed by atoms with Gasteiger partial charge in [0.1, 0.15) is 5.75 Å². The highest BCUT2D eigenvalue weighted by molar-refractivity contribution is 7.85. The first kappa shape index (κ1) is 12.4. The van der Waals surface area contributed by atoms with Gasteiger partial charge in [0.05, 0.1) is 5.56 Å². The number of hydrogen-bond donors (Lipinski definition) is 1. The van der Waals surface area contributed by atoms with Crippen LogP contribution < -0.4 is 0 Å². The van der Waals surface area contributed by atoms with Crippen molar-refractivity contribution in [3.05, 3.63) is 28.8 Å². The summed E-state index contributed by atoms with van der Waals surface area (Å²) < 4.78 is 11.2. The lowest BCUT2D eigenvalue weighted by molar-refractivity contribution is 0.0768. The number of benzene rings is 1. The number of aromatic hydroxyl groups is 1. The maximum atomic E-state index is 12.1. The van der Waals surface area contributed by atoms with E-state index in [2.05, 4.69) is 0 Å². The van der Waals surface area contributed by atoms with Crippen molar-refractivity contribution in [1.29, 1.82) is 0 Å². The van der Waals surface area contributed by atoms with Gasteiger partial charge in [0.25, 0.3) is 5.91 Å². The van der Waals surface area contributed by atoms with Gasteiger partial charge >= 0.3 is 0 Å². The average Bonchev–Trinajstić information content (AvgIpc) is 2.29. The smallest absolute Gasteiger partial charge is 0.257 e. The van der Waals surface area contributed by atoms with Crippen LogP contribution in [0.4, 0.5) is 0 Å². The molecule has 0 bridgehead atoms. The number of halogens is 1. The molecular formula is C11H12ClNO3S. The van der Waals surface area contributed by atoms with E-state index in [0.717, 1.165) is 0 Å². The van der Waals surface area contributed by atoms with E-state index in [0.29, 0.717) is 29.6 Å². The highest BCUT2D eigenvalue weighted by Crippen LogP contribution is 2.23. The van der Waals surface area contributed by atoms with Crippen molar-refractivity contribution in [3.8, 4) is 5.75 Å². The van der Waals surface area contributed by atoms with Crippen LogP contribution in [0.3, 0.4) is 0 Å². The van der Waals surface area contributed by atoms with E-state index in [9.17, 15) is 14.1 Å². The molecule has 1 aliphatic rings. The highest BCUT2D eigenvalue weighted by atomic mass is 35.5. The number of carbonyl (C=O) groups excluding carboxylic acids is 1. The molecule has 1 N–H and O–H groups in total. The van der Waals surface area contributed by atoms with E-state index < -0.39 is 10.8 Å². The van der Waals surface area contributed by atoms with Gasteiger partial charge in [-0.1, -0.05) is 11.6 Å². The summed E-state index contributed by atoms with van der Waals surface area (Å²) >= 11 is 5.70. The molecule has 0 unspecified atom stereocenters. The zero-order valence-corrected chi connectivity index (χ0v) is 10.6. The molecule has 2 rings (SSSR count). The van der Waals surface area contributed by atoms with Gasteiger partial charge < -0.3 is 10.0 Å². The zero-order chi connectivity index (χ0) is 12.4. The summed E-state index contributed by atoms with van der Waals surface area (Å²) in [5.74, 6) is 0.644. The molecule has 4 nitrogen and oxygen atoms in total. The Labute approximate surface area is 107 Å². The first-order chi connectivity index (χ1) is 8.08. The van der Waals surface area contributed by atoms with Crippen LogP contribution in [-0.2, 0) is 10.8 Å². The second kappa shape index (κ2) is 5.06. The Bertz CT molecular complexity index is 468. The first-order valence-corrected chi connectivity index (χ1v) is 7.07. The van der Waals surface area contributed by atoms with Crippen LogP contribution >= 0.6 is 11.6 Å². The fourth-order valence-electron chi connectivity index (χ4n) is 1.70. The Morgan fingerprint density at radius 1 is 1.35 bits per heavy atom. The maximum Gasteiger partial charge on any atom is 0.257 e. The second-order valence-corrected chi connectivity index (χ2v) is 5.93. The fourth-order valence-corrected chi connectivity index (χ4v) is 2.92. The molecule has 1 saturated heterocycles. The first-order valence-electron chi connectivity index (χ1n) is 5.20. The molecule has 0 aromatic heterocycles. The molecule has 6 heteroatoms. The van der Waals surface area contributed by atoms with Crippen molar-refractivity contribution in [2.75, 3.05) is 24.6 Å². The van der Waals surface area contributed by atoms with Crippen molar-refractivity contribution in [3.63, 3.8) is 0 Å². The van der Waals surface area contributed by atoms with Gasteiger partial charge in [-0.3, -0.25) is 9.00 Å². The Morgan fingerprint density at radius 3 is 2.59 bits per heavy atom. The molecule has 0 spiro atoms. The monoisotopic (exact) mass is 273 g/mol. The van der Waals surface area contributed by atoms with Crippen molar-refractivity contribution < 1.29 is 14.1 Å². The summed E-state index contributed by atoms with van der Waals surface area (Å²) in [6, 6.07) is 4.42. The number of phenolic OH excluding ortho intramolecular Hbond substituents is 1. The molecule has 1 aromatic rings. The molecule has 0 saturated carbocycles. The Kier molecular flexibility index (Phi) is 3.69. The topological polar surface area (TPSA) is 57.6 Å². The molecule has 17 heavy (non-hydrogen) atoms. The van der Waals surface area contributed by atoms with E-state index >= 15 is 0 Å². The summed E-state index contributed by atoms with van der Waals surface area (Å²) in [5, 5.41) is 10.0. The largest absolute Gasteiger partial charge is 0.507 e. The van der Waals surface area contributed by atoms with Gasteiger partial charge in [-0.15, -0.1) is 0 Å². The van der Waals surface area contributed by atoms with Gasteiger partial charge in [0.15, 0.2) is 0 Å². The quantitative estimate of drug-likeness (QED) is 0.838. The lowest BCUT2D eigenvalue weighted by Gasteiger charge is -2.26. The highest BCUT2D eigenvalue weighted by Gasteiger charge is 2.23. The van der Waals surface area contributed by atoms with E-state index in [1.165, 1.54) is 12.1 Å². The lowest BCUT2D eigenvalue weighted by atomic mass is 10.1. The number of hydrogen-bond acceptors (Lipinski definition) is 3. The summed E-state index contributed by atoms with van der Waals surface area (Å²) in [7, 11) is -0.820. The molecule has 1 aliphatic heterocycles. The minimum absolute atomic E-state index is 0.116. The molecule has 0 radical (unpaired) electrons. The van der Waals surface area contributed by atoms with Crippen LogP contribution in [0.5, 0.6) is 5.75 Å². The minimum atomic E-state index is -0.820. The van der Waals surface area contributed by atoms with Crippen LogP contribution in [0.2, 0.25) is 5.02 Å². The van der Waals surface area contributed by atoms with Crippen LogP contribution in [0.25, 0.3) is 0 Å². The molecule has 0 atom stereocenters. The maximum absolute atomic E-state index is 12.1. The summed E-state index contributed by atoms with van der Waals surface area (Å²) in [4.78, 5) is 13.7. The predicted molar refractivity (Wildman–Crippen MR) is 66.9 cm³/mol. The van der Waals surface area contributed by atoms with Crippen LogP contribution in [0, 0.1) is 0 Å². The molecular weight excluding hydrogens is 262 g/mol. The molecule has 1 amide bonds. The predicted octanol–water partition coefficient (Wildman–Crippen LogP) is 1.25. The van der Waals surface area contributed by atoms with Gasteiger partial charge in [-0.05, 0) is 18.2 Å².